The molecule has 1 nitrogen and oxygen atoms in total. The fourth-order valence-electron chi connectivity index (χ4n) is 2.09. The van der Waals surface area contributed by atoms with Crippen LogP contribution in [0, 0.1) is 25.5 Å². The number of hydrogen-bond acceptors (Lipinski definition) is 2. The molecule has 21 heavy (non-hydrogen) atoms. The molecule has 2 rings (SSSR count). The lowest BCUT2D eigenvalue weighted by Crippen LogP contribution is -2.18. The largest absolute Gasteiger partial charge is 0.328 e. The zero-order valence-electron chi connectivity index (χ0n) is 12.4. The molecule has 0 aliphatic carbocycles. The van der Waals surface area contributed by atoms with Crippen LogP contribution in [0.25, 0.3) is 0 Å². The lowest BCUT2D eigenvalue weighted by atomic mass is 10.1. The standard InChI is InChI=1S/C17H19F2NS/c1-10-4-5-14(6-11(10)2)21-17-15(18)8-13(7-12(3)20)9-16(17)19/h4-6,8-9,12H,7,20H2,1-3H3. The van der Waals surface area contributed by atoms with Gasteiger partial charge in [0, 0.05) is 10.9 Å². The van der Waals surface area contributed by atoms with Crippen LogP contribution in [-0.2, 0) is 6.42 Å². The summed E-state index contributed by atoms with van der Waals surface area (Å²) in [4.78, 5) is 0.863. The van der Waals surface area contributed by atoms with Gasteiger partial charge in [-0.05, 0) is 68.1 Å². The van der Waals surface area contributed by atoms with Gasteiger partial charge in [0.1, 0.15) is 11.6 Å². The lowest BCUT2D eigenvalue weighted by molar-refractivity contribution is 0.535. The van der Waals surface area contributed by atoms with Crippen molar-refractivity contribution < 1.29 is 8.78 Å². The Labute approximate surface area is 128 Å². The lowest BCUT2D eigenvalue weighted by Gasteiger charge is -2.10. The van der Waals surface area contributed by atoms with Gasteiger partial charge in [0.2, 0.25) is 0 Å². The van der Waals surface area contributed by atoms with E-state index in [9.17, 15) is 8.78 Å². The number of aryl methyl sites for hydroxylation is 2. The molecule has 0 amide bonds. The molecule has 112 valence electrons. The second-order valence-electron chi connectivity index (χ2n) is 5.42. The highest BCUT2D eigenvalue weighted by atomic mass is 32.2. The van der Waals surface area contributed by atoms with Crippen LogP contribution in [0.5, 0.6) is 0 Å². The molecule has 0 aliphatic rings. The molecule has 1 unspecified atom stereocenters. The minimum Gasteiger partial charge on any atom is -0.328 e. The average molecular weight is 307 g/mol. The highest BCUT2D eigenvalue weighted by Gasteiger charge is 2.14. The molecular weight excluding hydrogens is 288 g/mol. The molecule has 0 bridgehead atoms. The van der Waals surface area contributed by atoms with E-state index in [1.165, 1.54) is 12.1 Å². The molecule has 0 heterocycles. The third kappa shape index (κ3) is 4.05. The number of rotatable bonds is 4. The zero-order chi connectivity index (χ0) is 15.6. The molecule has 0 aromatic heterocycles. The van der Waals surface area contributed by atoms with Gasteiger partial charge in [0.05, 0.1) is 4.90 Å². The molecule has 2 N–H and O–H groups in total. The Morgan fingerprint density at radius 3 is 2.19 bits per heavy atom. The molecule has 0 saturated carbocycles. The molecule has 0 aliphatic heterocycles. The maximum absolute atomic E-state index is 14.1. The van der Waals surface area contributed by atoms with E-state index in [0.717, 1.165) is 27.8 Å². The molecule has 0 saturated heterocycles. The van der Waals surface area contributed by atoms with Gasteiger partial charge in [0.25, 0.3) is 0 Å². The van der Waals surface area contributed by atoms with Crippen LogP contribution >= 0.6 is 11.8 Å². The van der Waals surface area contributed by atoms with E-state index in [1.54, 1.807) is 0 Å². The predicted molar refractivity (Wildman–Crippen MR) is 83.8 cm³/mol. The van der Waals surface area contributed by atoms with Crippen LogP contribution in [0.3, 0.4) is 0 Å². The first-order chi connectivity index (χ1) is 9.86. The SMILES string of the molecule is Cc1ccc(Sc2c(F)cc(CC(C)N)cc2F)cc1C. The van der Waals surface area contributed by atoms with Gasteiger partial charge in [0.15, 0.2) is 0 Å². The van der Waals surface area contributed by atoms with E-state index in [-0.39, 0.29) is 10.9 Å². The summed E-state index contributed by atoms with van der Waals surface area (Å²) in [5.41, 5.74) is 8.52. The minimum absolute atomic E-state index is 0.0340. The van der Waals surface area contributed by atoms with Gasteiger partial charge in [-0.3, -0.25) is 0 Å². The number of halogens is 2. The van der Waals surface area contributed by atoms with Crippen molar-refractivity contribution in [3.63, 3.8) is 0 Å². The van der Waals surface area contributed by atoms with E-state index < -0.39 is 11.6 Å². The fourth-order valence-corrected chi connectivity index (χ4v) is 3.02. The Hall–Kier alpha value is -1.39. The first kappa shape index (κ1) is 16.0. The van der Waals surface area contributed by atoms with E-state index >= 15 is 0 Å². The summed E-state index contributed by atoms with van der Waals surface area (Å²) in [6, 6.07) is 8.39. The van der Waals surface area contributed by atoms with Crippen LogP contribution < -0.4 is 5.73 Å². The topological polar surface area (TPSA) is 26.0 Å². The molecular formula is C17H19F2NS. The van der Waals surface area contributed by atoms with Gasteiger partial charge >= 0.3 is 0 Å². The monoisotopic (exact) mass is 307 g/mol. The highest BCUT2D eigenvalue weighted by Crippen LogP contribution is 2.33. The molecule has 0 radical (unpaired) electrons. The van der Waals surface area contributed by atoms with E-state index in [0.29, 0.717) is 12.0 Å². The number of nitrogens with two attached hydrogens (primary N) is 1. The molecule has 2 aromatic rings. The van der Waals surface area contributed by atoms with Crippen LogP contribution in [0.1, 0.15) is 23.6 Å². The van der Waals surface area contributed by atoms with Crippen molar-refractivity contribution in [2.45, 2.75) is 43.0 Å². The van der Waals surface area contributed by atoms with Crippen LogP contribution in [0.15, 0.2) is 40.1 Å². The van der Waals surface area contributed by atoms with Gasteiger partial charge < -0.3 is 5.73 Å². The Morgan fingerprint density at radius 1 is 1.05 bits per heavy atom. The van der Waals surface area contributed by atoms with Gasteiger partial charge in [-0.1, -0.05) is 17.8 Å². The summed E-state index contributed by atoms with van der Waals surface area (Å²) >= 11 is 1.11. The van der Waals surface area contributed by atoms with Crippen LogP contribution in [0.4, 0.5) is 8.78 Å². The Morgan fingerprint density at radius 2 is 1.67 bits per heavy atom. The number of hydrogen-bond donors (Lipinski definition) is 1. The highest BCUT2D eigenvalue weighted by molar-refractivity contribution is 7.99. The van der Waals surface area contributed by atoms with Crippen LogP contribution in [-0.4, -0.2) is 6.04 Å². The number of benzene rings is 2. The van der Waals surface area contributed by atoms with Gasteiger partial charge in [-0.15, -0.1) is 0 Å². The maximum atomic E-state index is 14.1. The Balaban J connectivity index is 2.29. The summed E-state index contributed by atoms with van der Waals surface area (Å²) in [6.45, 7) is 5.80. The van der Waals surface area contributed by atoms with Crippen molar-refractivity contribution in [3.8, 4) is 0 Å². The van der Waals surface area contributed by atoms with Crippen molar-refractivity contribution in [3.05, 3.63) is 58.7 Å². The third-order valence-corrected chi connectivity index (χ3v) is 4.40. The predicted octanol–water partition coefficient (Wildman–Crippen LogP) is 4.62. The summed E-state index contributed by atoms with van der Waals surface area (Å²) < 4.78 is 28.3. The van der Waals surface area contributed by atoms with Crippen molar-refractivity contribution in [1.82, 2.24) is 0 Å². The van der Waals surface area contributed by atoms with Crippen molar-refractivity contribution in [1.29, 1.82) is 0 Å². The second-order valence-corrected chi connectivity index (χ2v) is 6.50. The van der Waals surface area contributed by atoms with E-state index in [1.807, 2.05) is 39.0 Å². The van der Waals surface area contributed by atoms with E-state index in [2.05, 4.69) is 0 Å². The summed E-state index contributed by atoms with van der Waals surface area (Å²) in [7, 11) is 0. The average Bonchev–Trinajstić information content (AvgIpc) is 2.37. The zero-order valence-corrected chi connectivity index (χ0v) is 13.2. The summed E-state index contributed by atoms with van der Waals surface area (Å²) in [5.74, 6) is -1.07. The van der Waals surface area contributed by atoms with Crippen LogP contribution in [0.2, 0.25) is 0 Å². The van der Waals surface area contributed by atoms with E-state index in [4.69, 9.17) is 5.73 Å². The normalized spacial score (nSPS) is 12.5. The van der Waals surface area contributed by atoms with Crippen molar-refractivity contribution >= 4 is 11.8 Å². The maximum Gasteiger partial charge on any atom is 0.140 e. The molecule has 2 aromatic carbocycles. The van der Waals surface area contributed by atoms with Gasteiger partial charge in [-0.25, -0.2) is 8.78 Å². The first-order valence-corrected chi connectivity index (χ1v) is 7.67. The smallest absolute Gasteiger partial charge is 0.140 e. The Bertz CT molecular complexity index is 630. The van der Waals surface area contributed by atoms with Gasteiger partial charge in [-0.2, -0.15) is 0 Å². The minimum atomic E-state index is -0.533. The van der Waals surface area contributed by atoms with Crippen molar-refractivity contribution in [2.24, 2.45) is 5.73 Å². The second kappa shape index (κ2) is 6.58. The van der Waals surface area contributed by atoms with Crippen molar-refractivity contribution in [2.75, 3.05) is 0 Å². The summed E-state index contributed by atoms with van der Waals surface area (Å²) in [6.07, 6.45) is 0.461. The third-order valence-electron chi connectivity index (χ3n) is 3.31. The fraction of sp³-hybridized carbons (Fsp3) is 0.294. The molecule has 4 heteroatoms. The quantitative estimate of drug-likeness (QED) is 0.891. The summed E-state index contributed by atoms with van der Waals surface area (Å²) in [5, 5.41) is 0. The molecule has 1 atom stereocenters. The molecule has 0 spiro atoms. The first-order valence-electron chi connectivity index (χ1n) is 6.85. The molecule has 0 fully saturated rings. The Kier molecular flexibility index (Phi) is 5.01.